The molecule has 2 aliphatic carbocycles. The Balaban J connectivity index is 1.84. The minimum Gasteiger partial charge on any atom is -0.497 e. The fourth-order valence-corrected chi connectivity index (χ4v) is 3.58. The van der Waals surface area contributed by atoms with Crippen LogP contribution in [0.5, 0.6) is 11.5 Å². The van der Waals surface area contributed by atoms with Crippen LogP contribution in [0.25, 0.3) is 0 Å². The zero-order valence-electron chi connectivity index (χ0n) is 14.4. The number of amides is 1. The van der Waals surface area contributed by atoms with Crippen molar-refractivity contribution in [2.24, 2.45) is 5.92 Å². The van der Waals surface area contributed by atoms with Crippen molar-refractivity contribution in [3.8, 4) is 11.5 Å². The Morgan fingerprint density at radius 2 is 1.39 bits per heavy atom. The summed E-state index contributed by atoms with van der Waals surface area (Å²) in [6.07, 6.45) is 6.98. The van der Waals surface area contributed by atoms with Gasteiger partial charge in [0.2, 0.25) is 0 Å². The van der Waals surface area contributed by atoms with Crippen molar-refractivity contribution in [3.05, 3.63) is 23.8 Å². The fourth-order valence-electron chi connectivity index (χ4n) is 3.58. The highest BCUT2D eigenvalue weighted by Crippen LogP contribution is 2.37. The molecule has 1 aromatic carbocycles. The van der Waals surface area contributed by atoms with Crippen molar-refractivity contribution in [1.82, 2.24) is 4.90 Å². The molecule has 4 heteroatoms. The molecule has 23 heavy (non-hydrogen) atoms. The predicted octanol–water partition coefficient (Wildman–Crippen LogP) is 3.89. The van der Waals surface area contributed by atoms with Gasteiger partial charge in [-0.15, -0.1) is 0 Å². The first-order valence-electron chi connectivity index (χ1n) is 8.68. The van der Waals surface area contributed by atoms with E-state index >= 15 is 0 Å². The number of hydrogen-bond donors (Lipinski definition) is 0. The van der Waals surface area contributed by atoms with Gasteiger partial charge in [0, 0.05) is 23.7 Å². The van der Waals surface area contributed by atoms with E-state index in [4.69, 9.17) is 9.47 Å². The lowest BCUT2D eigenvalue weighted by Crippen LogP contribution is -2.43. The summed E-state index contributed by atoms with van der Waals surface area (Å²) in [4.78, 5) is 15.3. The number of benzene rings is 1. The van der Waals surface area contributed by atoms with E-state index in [0.717, 1.165) is 31.6 Å². The van der Waals surface area contributed by atoms with Crippen molar-refractivity contribution >= 4 is 5.91 Å². The normalized spacial score (nSPS) is 24.1. The van der Waals surface area contributed by atoms with Gasteiger partial charge in [0.25, 0.3) is 5.91 Å². The Bertz CT molecular complexity index is 537. The van der Waals surface area contributed by atoms with Gasteiger partial charge >= 0.3 is 0 Å². The first-order chi connectivity index (χ1) is 11.1. The van der Waals surface area contributed by atoms with E-state index < -0.39 is 0 Å². The molecule has 0 aliphatic heterocycles. The number of ether oxygens (including phenoxy) is 2. The molecule has 0 atom stereocenters. The van der Waals surface area contributed by atoms with Gasteiger partial charge in [-0.25, -0.2) is 0 Å². The highest BCUT2D eigenvalue weighted by atomic mass is 16.5. The lowest BCUT2D eigenvalue weighted by molar-refractivity contribution is 0.0592. The molecule has 2 saturated carbocycles. The van der Waals surface area contributed by atoms with Crippen molar-refractivity contribution in [3.63, 3.8) is 0 Å². The summed E-state index contributed by atoms with van der Waals surface area (Å²) in [6.45, 7) is 2.31. The molecule has 2 fully saturated rings. The van der Waals surface area contributed by atoms with E-state index in [1.165, 1.54) is 12.8 Å². The van der Waals surface area contributed by atoms with Gasteiger partial charge in [-0.05, 0) is 56.6 Å². The van der Waals surface area contributed by atoms with Crippen LogP contribution in [0, 0.1) is 5.92 Å². The summed E-state index contributed by atoms with van der Waals surface area (Å²) in [6, 6.07) is 6.28. The fraction of sp³-hybridized carbons (Fsp3) is 0.632. The molecule has 1 aromatic rings. The Labute approximate surface area is 138 Å². The zero-order valence-corrected chi connectivity index (χ0v) is 14.4. The molecule has 3 rings (SSSR count). The number of nitrogens with zero attached hydrogens (tertiary/aromatic N) is 1. The number of carbonyl (C=O) groups excluding carboxylic acids is 1. The van der Waals surface area contributed by atoms with Crippen LogP contribution in [0.1, 0.15) is 55.8 Å². The van der Waals surface area contributed by atoms with Crippen LogP contribution in [0.3, 0.4) is 0 Å². The summed E-state index contributed by atoms with van der Waals surface area (Å²) in [7, 11) is 3.23. The van der Waals surface area contributed by atoms with Crippen molar-refractivity contribution in [2.45, 2.75) is 57.5 Å². The van der Waals surface area contributed by atoms with E-state index in [0.29, 0.717) is 29.1 Å². The van der Waals surface area contributed by atoms with Crippen molar-refractivity contribution in [1.29, 1.82) is 0 Å². The molecule has 0 saturated heterocycles. The standard InChI is InChI=1S/C19H27NO3/c1-13-4-6-15(7-5-13)20(16-8-9-16)19(21)14-10-17(22-2)12-18(11-14)23-3/h10-13,15-16H,4-9H2,1-3H3. The van der Waals surface area contributed by atoms with Gasteiger partial charge in [-0.3, -0.25) is 4.79 Å². The molecule has 0 aromatic heterocycles. The Hall–Kier alpha value is -1.71. The molecule has 0 bridgehead atoms. The van der Waals surface area contributed by atoms with Gasteiger partial charge in [0.05, 0.1) is 14.2 Å². The predicted molar refractivity (Wildman–Crippen MR) is 90.2 cm³/mol. The summed E-state index contributed by atoms with van der Waals surface area (Å²) in [5.74, 6) is 2.25. The number of carbonyl (C=O) groups is 1. The second-order valence-electron chi connectivity index (χ2n) is 6.96. The Morgan fingerprint density at radius 1 is 0.913 bits per heavy atom. The summed E-state index contributed by atoms with van der Waals surface area (Å²) in [5, 5.41) is 0. The van der Waals surface area contributed by atoms with Gasteiger partial charge in [-0.1, -0.05) is 6.92 Å². The van der Waals surface area contributed by atoms with Crippen LogP contribution in [-0.4, -0.2) is 37.1 Å². The molecule has 0 radical (unpaired) electrons. The largest absolute Gasteiger partial charge is 0.497 e. The minimum absolute atomic E-state index is 0.129. The van der Waals surface area contributed by atoms with Crippen LogP contribution >= 0.6 is 0 Å². The Kier molecular flexibility index (Phi) is 4.79. The highest BCUT2D eigenvalue weighted by Gasteiger charge is 2.38. The molecule has 126 valence electrons. The molecule has 0 unspecified atom stereocenters. The molecule has 0 spiro atoms. The van der Waals surface area contributed by atoms with Gasteiger partial charge in [0.15, 0.2) is 0 Å². The maximum Gasteiger partial charge on any atom is 0.254 e. The molecule has 0 heterocycles. The SMILES string of the molecule is COc1cc(OC)cc(C(=O)N(C2CCC(C)CC2)C2CC2)c1. The molecular weight excluding hydrogens is 290 g/mol. The minimum atomic E-state index is 0.129. The molecule has 0 N–H and O–H groups in total. The smallest absolute Gasteiger partial charge is 0.254 e. The van der Waals surface area contributed by atoms with Crippen LogP contribution in [0.4, 0.5) is 0 Å². The maximum atomic E-state index is 13.2. The molecule has 2 aliphatic rings. The van der Waals surface area contributed by atoms with E-state index in [-0.39, 0.29) is 5.91 Å². The monoisotopic (exact) mass is 317 g/mol. The van der Waals surface area contributed by atoms with Crippen LogP contribution in [0.2, 0.25) is 0 Å². The van der Waals surface area contributed by atoms with Crippen LogP contribution in [0.15, 0.2) is 18.2 Å². The summed E-state index contributed by atoms with van der Waals surface area (Å²) >= 11 is 0. The van der Waals surface area contributed by atoms with E-state index in [1.807, 2.05) is 12.1 Å². The van der Waals surface area contributed by atoms with Crippen molar-refractivity contribution < 1.29 is 14.3 Å². The number of hydrogen-bond acceptors (Lipinski definition) is 3. The number of methoxy groups -OCH3 is 2. The average molecular weight is 317 g/mol. The van der Waals surface area contributed by atoms with E-state index in [2.05, 4.69) is 11.8 Å². The average Bonchev–Trinajstić information content (AvgIpc) is 3.41. The van der Waals surface area contributed by atoms with E-state index in [9.17, 15) is 4.79 Å². The molecule has 1 amide bonds. The highest BCUT2D eigenvalue weighted by molar-refractivity contribution is 5.95. The topological polar surface area (TPSA) is 38.8 Å². The summed E-state index contributed by atoms with van der Waals surface area (Å²) < 4.78 is 10.6. The van der Waals surface area contributed by atoms with Gasteiger partial charge < -0.3 is 14.4 Å². The van der Waals surface area contributed by atoms with E-state index in [1.54, 1.807) is 20.3 Å². The molecule has 4 nitrogen and oxygen atoms in total. The Morgan fingerprint density at radius 3 is 1.83 bits per heavy atom. The first-order valence-corrected chi connectivity index (χ1v) is 8.68. The van der Waals surface area contributed by atoms with Crippen molar-refractivity contribution in [2.75, 3.05) is 14.2 Å². The zero-order chi connectivity index (χ0) is 16.4. The second kappa shape index (κ2) is 6.81. The first kappa shape index (κ1) is 16.2. The third-order valence-electron chi connectivity index (χ3n) is 5.15. The van der Waals surface area contributed by atoms with Crippen LogP contribution < -0.4 is 9.47 Å². The lowest BCUT2D eigenvalue weighted by Gasteiger charge is -2.36. The third-order valence-corrected chi connectivity index (χ3v) is 5.15. The second-order valence-corrected chi connectivity index (χ2v) is 6.96. The lowest BCUT2D eigenvalue weighted by atomic mass is 9.86. The summed E-state index contributed by atoms with van der Waals surface area (Å²) in [5.41, 5.74) is 0.673. The number of rotatable bonds is 5. The van der Waals surface area contributed by atoms with Crippen LogP contribution in [-0.2, 0) is 0 Å². The third kappa shape index (κ3) is 3.62. The van der Waals surface area contributed by atoms with Gasteiger partial charge in [-0.2, -0.15) is 0 Å². The quantitative estimate of drug-likeness (QED) is 0.827. The molecular formula is C19H27NO3. The van der Waals surface area contributed by atoms with Gasteiger partial charge in [0.1, 0.15) is 11.5 Å². The maximum absolute atomic E-state index is 13.2.